The Morgan fingerprint density at radius 1 is 1.35 bits per heavy atom. The Kier molecular flexibility index (Phi) is 4.32. The average molecular weight is 374 g/mol. The number of nitrogens with zero attached hydrogens (tertiary/aromatic N) is 3. The Bertz CT molecular complexity index is 835. The van der Waals surface area contributed by atoms with Crippen LogP contribution in [0.4, 0.5) is 0 Å². The molecule has 6 heteroatoms. The molecule has 1 aromatic carbocycles. The number of carbonyl (C=O) groups excluding carboxylic acids is 1. The van der Waals surface area contributed by atoms with Gasteiger partial charge in [-0.3, -0.25) is 9.48 Å². The number of rotatable bonds is 4. The number of amides is 1. The van der Waals surface area contributed by atoms with Crippen LogP contribution in [0.25, 0.3) is 0 Å². The van der Waals surface area contributed by atoms with Crippen LogP contribution in [0.3, 0.4) is 0 Å². The standard InChI is InChI=1S/C20H24ClN3O2/c1-13-17(21)18(23(2)22-13)19(26)24-15-8-9-16(24)20(11-15,12-25)10-14-6-4-3-5-7-14/h3-7,15-16,25H,8-12H2,1-2H3/t15-,16+,20-/m0/s1. The van der Waals surface area contributed by atoms with Crippen molar-refractivity contribution < 1.29 is 9.90 Å². The van der Waals surface area contributed by atoms with Gasteiger partial charge in [-0.15, -0.1) is 0 Å². The molecule has 1 amide bonds. The number of aryl methyl sites for hydroxylation is 2. The summed E-state index contributed by atoms with van der Waals surface area (Å²) in [6.07, 6.45) is 3.54. The molecule has 2 saturated heterocycles. The van der Waals surface area contributed by atoms with E-state index in [0.717, 1.165) is 25.7 Å². The van der Waals surface area contributed by atoms with Crippen molar-refractivity contribution in [3.8, 4) is 0 Å². The molecule has 2 fully saturated rings. The van der Waals surface area contributed by atoms with Crippen molar-refractivity contribution in [2.75, 3.05) is 6.61 Å². The van der Waals surface area contributed by atoms with Crippen molar-refractivity contribution in [2.24, 2.45) is 12.5 Å². The highest BCUT2D eigenvalue weighted by Crippen LogP contribution is 2.52. The van der Waals surface area contributed by atoms with Crippen LogP contribution in [0.15, 0.2) is 30.3 Å². The van der Waals surface area contributed by atoms with Crippen molar-refractivity contribution in [2.45, 2.75) is 44.7 Å². The minimum absolute atomic E-state index is 0.0384. The zero-order valence-electron chi connectivity index (χ0n) is 15.2. The van der Waals surface area contributed by atoms with E-state index in [4.69, 9.17) is 11.6 Å². The van der Waals surface area contributed by atoms with E-state index in [1.807, 2.05) is 30.0 Å². The third-order valence-electron chi connectivity index (χ3n) is 6.15. The van der Waals surface area contributed by atoms with E-state index in [-0.39, 0.29) is 30.0 Å². The van der Waals surface area contributed by atoms with E-state index < -0.39 is 0 Å². The summed E-state index contributed by atoms with van der Waals surface area (Å²) >= 11 is 6.36. The third-order valence-corrected chi connectivity index (χ3v) is 6.60. The van der Waals surface area contributed by atoms with Gasteiger partial charge in [-0.1, -0.05) is 41.9 Å². The summed E-state index contributed by atoms with van der Waals surface area (Å²) < 4.78 is 1.58. The van der Waals surface area contributed by atoms with Gasteiger partial charge >= 0.3 is 0 Å². The number of carbonyl (C=O) groups is 1. The molecule has 5 nitrogen and oxygen atoms in total. The van der Waals surface area contributed by atoms with Crippen LogP contribution in [-0.4, -0.2) is 44.4 Å². The highest BCUT2D eigenvalue weighted by Gasteiger charge is 2.57. The lowest BCUT2D eigenvalue weighted by Crippen LogP contribution is -2.44. The van der Waals surface area contributed by atoms with Gasteiger partial charge in [0.2, 0.25) is 0 Å². The highest BCUT2D eigenvalue weighted by molar-refractivity contribution is 6.34. The van der Waals surface area contributed by atoms with Crippen LogP contribution in [0.5, 0.6) is 0 Å². The van der Waals surface area contributed by atoms with Gasteiger partial charge in [0, 0.05) is 24.5 Å². The topological polar surface area (TPSA) is 58.4 Å². The highest BCUT2D eigenvalue weighted by atomic mass is 35.5. The number of hydrogen-bond donors (Lipinski definition) is 1. The molecule has 0 aliphatic carbocycles. The second kappa shape index (κ2) is 6.39. The minimum atomic E-state index is -0.278. The lowest BCUT2D eigenvalue weighted by Gasteiger charge is -2.36. The quantitative estimate of drug-likeness (QED) is 0.896. The maximum absolute atomic E-state index is 13.3. The summed E-state index contributed by atoms with van der Waals surface area (Å²) in [7, 11) is 1.76. The summed E-state index contributed by atoms with van der Waals surface area (Å²) in [6, 6.07) is 10.4. The molecule has 2 bridgehead atoms. The van der Waals surface area contributed by atoms with E-state index in [1.54, 1.807) is 11.7 Å². The van der Waals surface area contributed by atoms with Crippen molar-refractivity contribution in [1.29, 1.82) is 0 Å². The normalized spacial score (nSPS) is 27.3. The number of benzene rings is 1. The largest absolute Gasteiger partial charge is 0.396 e. The zero-order valence-corrected chi connectivity index (χ0v) is 15.9. The van der Waals surface area contributed by atoms with Gasteiger partial charge in [0.1, 0.15) is 5.69 Å². The number of aliphatic hydroxyl groups excluding tert-OH is 1. The van der Waals surface area contributed by atoms with Gasteiger partial charge in [-0.05, 0) is 38.2 Å². The first-order valence-electron chi connectivity index (χ1n) is 9.13. The van der Waals surface area contributed by atoms with Crippen LogP contribution in [0.1, 0.15) is 41.0 Å². The molecule has 2 aliphatic rings. The minimum Gasteiger partial charge on any atom is -0.396 e. The van der Waals surface area contributed by atoms with Crippen LogP contribution in [0.2, 0.25) is 5.02 Å². The first-order valence-corrected chi connectivity index (χ1v) is 9.51. The number of hydrogen-bond acceptors (Lipinski definition) is 3. The molecule has 138 valence electrons. The smallest absolute Gasteiger partial charge is 0.274 e. The average Bonchev–Trinajstić information content (AvgIpc) is 3.26. The Hall–Kier alpha value is -1.85. The number of halogens is 1. The summed E-state index contributed by atoms with van der Waals surface area (Å²) in [5.41, 5.74) is 2.05. The zero-order chi connectivity index (χ0) is 18.5. The molecule has 3 atom stereocenters. The van der Waals surface area contributed by atoms with E-state index in [2.05, 4.69) is 17.2 Å². The van der Waals surface area contributed by atoms with E-state index in [9.17, 15) is 9.90 Å². The molecule has 2 aliphatic heterocycles. The SMILES string of the molecule is Cc1nn(C)c(C(=O)N2[C@H]3CC[C@@H]2[C@@](CO)(Cc2ccccc2)C3)c1Cl. The summed E-state index contributed by atoms with van der Waals surface area (Å²) in [4.78, 5) is 15.3. The molecule has 1 aromatic heterocycles. The molecule has 3 heterocycles. The van der Waals surface area contributed by atoms with Crippen molar-refractivity contribution >= 4 is 17.5 Å². The fourth-order valence-electron chi connectivity index (χ4n) is 5.00. The third kappa shape index (κ3) is 2.57. The summed E-state index contributed by atoms with van der Waals surface area (Å²) in [6.45, 7) is 1.90. The Balaban J connectivity index is 1.66. The molecule has 0 spiro atoms. The Morgan fingerprint density at radius 3 is 2.69 bits per heavy atom. The number of aliphatic hydroxyl groups is 1. The van der Waals surface area contributed by atoms with Gasteiger partial charge in [0.25, 0.3) is 5.91 Å². The summed E-state index contributed by atoms with van der Waals surface area (Å²) in [5, 5.41) is 15.0. The first kappa shape index (κ1) is 17.6. The fraction of sp³-hybridized carbons (Fsp3) is 0.500. The maximum Gasteiger partial charge on any atom is 0.274 e. The molecular weight excluding hydrogens is 350 g/mol. The Labute approximate surface area is 158 Å². The molecule has 0 unspecified atom stereocenters. The molecule has 0 saturated carbocycles. The molecular formula is C20H24ClN3O2. The number of fused-ring (bicyclic) bond motifs is 2. The van der Waals surface area contributed by atoms with Crippen LogP contribution >= 0.6 is 11.6 Å². The molecule has 1 N–H and O–H groups in total. The van der Waals surface area contributed by atoms with Gasteiger partial charge in [0.05, 0.1) is 17.3 Å². The van der Waals surface area contributed by atoms with Crippen molar-refractivity contribution in [1.82, 2.24) is 14.7 Å². The number of aromatic nitrogens is 2. The van der Waals surface area contributed by atoms with E-state index >= 15 is 0 Å². The van der Waals surface area contributed by atoms with Crippen LogP contribution in [0, 0.1) is 12.3 Å². The van der Waals surface area contributed by atoms with Gasteiger partial charge in [-0.25, -0.2) is 0 Å². The van der Waals surface area contributed by atoms with Crippen molar-refractivity contribution in [3.63, 3.8) is 0 Å². The second-order valence-corrected chi connectivity index (χ2v) is 8.10. The lowest BCUT2D eigenvalue weighted by molar-refractivity contribution is 0.0563. The van der Waals surface area contributed by atoms with Crippen LogP contribution in [-0.2, 0) is 13.5 Å². The predicted molar refractivity (Wildman–Crippen MR) is 100 cm³/mol. The first-order chi connectivity index (χ1) is 12.5. The van der Waals surface area contributed by atoms with Crippen molar-refractivity contribution in [3.05, 3.63) is 52.3 Å². The summed E-state index contributed by atoms with van der Waals surface area (Å²) in [5.74, 6) is -0.0611. The predicted octanol–water partition coefficient (Wildman–Crippen LogP) is 2.98. The second-order valence-electron chi connectivity index (χ2n) is 7.72. The monoisotopic (exact) mass is 373 g/mol. The molecule has 26 heavy (non-hydrogen) atoms. The molecule has 0 radical (unpaired) electrons. The van der Waals surface area contributed by atoms with Crippen LogP contribution < -0.4 is 0 Å². The lowest BCUT2D eigenvalue weighted by atomic mass is 9.70. The Morgan fingerprint density at radius 2 is 2.08 bits per heavy atom. The fourth-order valence-corrected chi connectivity index (χ4v) is 5.24. The van der Waals surface area contributed by atoms with E-state index in [0.29, 0.717) is 16.4 Å². The van der Waals surface area contributed by atoms with E-state index in [1.165, 1.54) is 5.56 Å². The molecule has 4 rings (SSSR count). The molecule has 2 aromatic rings. The van der Waals surface area contributed by atoms with Gasteiger partial charge in [-0.2, -0.15) is 5.10 Å². The maximum atomic E-state index is 13.3. The van der Waals surface area contributed by atoms with Gasteiger partial charge < -0.3 is 10.0 Å². The van der Waals surface area contributed by atoms with Gasteiger partial charge in [0.15, 0.2) is 0 Å².